The minimum atomic E-state index is -1.19. The third-order valence-corrected chi connectivity index (χ3v) is 2.70. The molecule has 8 heteroatoms. The van der Waals surface area contributed by atoms with Gasteiger partial charge in [0.05, 0.1) is 18.7 Å². The van der Waals surface area contributed by atoms with Gasteiger partial charge in [-0.05, 0) is 38.1 Å². The Morgan fingerprint density at radius 1 is 1.13 bits per heavy atom. The fourth-order valence-electron chi connectivity index (χ4n) is 1.44. The van der Waals surface area contributed by atoms with Gasteiger partial charge in [-0.1, -0.05) is 0 Å². The maximum atomic E-state index is 11.8. The Morgan fingerprint density at radius 3 is 2.26 bits per heavy atom. The van der Waals surface area contributed by atoms with Crippen molar-refractivity contribution >= 4 is 18.0 Å². The number of hydrogen-bond donors (Lipinski definition) is 1. The first-order valence-electron chi connectivity index (χ1n) is 6.63. The second kappa shape index (κ2) is 8.38. The molecule has 0 unspecified atom stereocenters. The van der Waals surface area contributed by atoms with Crippen LogP contribution in [0.5, 0.6) is 5.75 Å². The van der Waals surface area contributed by atoms with Crippen LogP contribution < -0.4 is 10.1 Å². The van der Waals surface area contributed by atoms with Gasteiger partial charge in [-0.15, -0.1) is 0 Å². The zero-order valence-corrected chi connectivity index (χ0v) is 12.9. The molecule has 2 amide bonds. The summed E-state index contributed by atoms with van der Waals surface area (Å²) >= 11 is 0. The summed E-state index contributed by atoms with van der Waals surface area (Å²) in [5, 5.41) is 10.6. The molecule has 1 aromatic rings. The van der Waals surface area contributed by atoms with Crippen LogP contribution in [0.25, 0.3) is 0 Å². The number of nitriles is 1. The summed E-state index contributed by atoms with van der Waals surface area (Å²) in [7, 11) is 1.10. The van der Waals surface area contributed by atoms with Gasteiger partial charge in [0, 0.05) is 0 Å². The molecule has 0 radical (unpaired) electrons. The van der Waals surface area contributed by atoms with E-state index in [0.717, 1.165) is 7.11 Å². The highest BCUT2D eigenvalue weighted by atomic mass is 16.6. The van der Waals surface area contributed by atoms with E-state index in [1.165, 1.54) is 26.0 Å². The SMILES string of the molecule is COC(=O)NC(=O)[C@@H](C)OC(=O)[C@@H](C)Oc1ccc(C#N)cc1. The molecule has 1 rings (SSSR count). The normalized spacial score (nSPS) is 12.3. The van der Waals surface area contributed by atoms with Gasteiger partial charge < -0.3 is 14.2 Å². The molecule has 0 fully saturated rings. The lowest BCUT2D eigenvalue weighted by Gasteiger charge is -2.17. The van der Waals surface area contributed by atoms with Crippen LogP contribution in [0.3, 0.4) is 0 Å². The van der Waals surface area contributed by atoms with Gasteiger partial charge in [-0.25, -0.2) is 9.59 Å². The summed E-state index contributed by atoms with van der Waals surface area (Å²) in [6.07, 6.45) is -3.11. The predicted octanol–water partition coefficient (Wildman–Crippen LogP) is 1.14. The van der Waals surface area contributed by atoms with Crippen molar-refractivity contribution in [3.05, 3.63) is 29.8 Å². The van der Waals surface area contributed by atoms with E-state index in [2.05, 4.69) is 4.74 Å². The zero-order chi connectivity index (χ0) is 17.4. The molecule has 1 N–H and O–H groups in total. The Labute approximate surface area is 132 Å². The van der Waals surface area contributed by atoms with Crippen LogP contribution in [-0.4, -0.2) is 37.3 Å². The van der Waals surface area contributed by atoms with Crippen molar-refractivity contribution in [2.45, 2.75) is 26.1 Å². The van der Waals surface area contributed by atoms with Gasteiger partial charge in [-0.2, -0.15) is 5.26 Å². The molecule has 0 aliphatic carbocycles. The molecule has 0 aliphatic rings. The first-order valence-corrected chi connectivity index (χ1v) is 6.63. The first kappa shape index (κ1) is 18.0. The number of imide groups is 1. The highest BCUT2D eigenvalue weighted by Crippen LogP contribution is 2.14. The number of esters is 1. The zero-order valence-electron chi connectivity index (χ0n) is 12.9. The van der Waals surface area contributed by atoms with Crippen molar-refractivity contribution in [2.24, 2.45) is 0 Å². The number of carbonyl (C=O) groups is 3. The molecule has 0 bridgehead atoms. The Balaban J connectivity index is 2.54. The lowest BCUT2D eigenvalue weighted by Crippen LogP contribution is -2.41. The molecular weight excluding hydrogens is 304 g/mol. The van der Waals surface area contributed by atoms with Gasteiger partial charge in [0.1, 0.15) is 5.75 Å². The quantitative estimate of drug-likeness (QED) is 0.809. The Bertz CT molecular complexity index is 620. The third-order valence-electron chi connectivity index (χ3n) is 2.70. The summed E-state index contributed by atoms with van der Waals surface area (Å²) < 4.78 is 14.5. The smallest absolute Gasteiger partial charge is 0.413 e. The highest BCUT2D eigenvalue weighted by Gasteiger charge is 2.24. The van der Waals surface area contributed by atoms with Gasteiger partial charge in [-0.3, -0.25) is 10.1 Å². The molecule has 23 heavy (non-hydrogen) atoms. The number of ether oxygens (including phenoxy) is 3. The standard InChI is InChI=1S/C15H16N2O6/c1-9(13(18)17-15(20)21-3)23-14(19)10(2)22-12-6-4-11(8-16)5-7-12/h4-7,9-10H,1-3H3,(H,17,18,20)/t9-,10-/m1/s1. The van der Waals surface area contributed by atoms with Gasteiger partial charge >= 0.3 is 12.1 Å². The van der Waals surface area contributed by atoms with Gasteiger partial charge in [0.25, 0.3) is 5.91 Å². The van der Waals surface area contributed by atoms with Crippen LogP contribution in [-0.2, 0) is 19.1 Å². The topological polar surface area (TPSA) is 115 Å². The summed E-state index contributed by atoms with van der Waals surface area (Å²) in [5.74, 6) is -1.21. The molecule has 0 saturated carbocycles. The molecular formula is C15H16N2O6. The number of nitrogens with zero attached hydrogens (tertiary/aromatic N) is 1. The molecule has 0 saturated heterocycles. The average molecular weight is 320 g/mol. The minimum absolute atomic E-state index is 0.375. The number of rotatable bonds is 5. The maximum Gasteiger partial charge on any atom is 0.413 e. The lowest BCUT2D eigenvalue weighted by molar-refractivity contribution is -0.160. The van der Waals surface area contributed by atoms with E-state index in [9.17, 15) is 14.4 Å². The second-order valence-electron chi connectivity index (χ2n) is 4.46. The summed E-state index contributed by atoms with van der Waals surface area (Å²) in [6, 6.07) is 8.12. The fourth-order valence-corrected chi connectivity index (χ4v) is 1.44. The second-order valence-corrected chi connectivity index (χ2v) is 4.46. The number of benzene rings is 1. The van der Waals surface area contributed by atoms with E-state index >= 15 is 0 Å². The number of carbonyl (C=O) groups excluding carboxylic acids is 3. The fraction of sp³-hybridized carbons (Fsp3) is 0.333. The average Bonchev–Trinajstić information content (AvgIpc) is 2.55. The third kappa shape index (κ3) is 5.67. The number of methoxy groups -OCH3 is 1. The molecule has 1 aromatic carbocycles. The first-order chi connectivity index (χ1) is 10.9. The van der Waals surface area contributed by atoms with Crippen molar-refractivity contribution in [1.82, 2.24) is 5.32 Å². The Kier molecular flexibility index (Phi) is 6.55. The van der Waals surface area contributed by atoms with Crippen LogP contribution in [0.15, 0.2) is 24.3 Å². The number of alkyl carbamates (subject to hydrolysis) is 1. The van der Waals surface area contributed by atoms with Crippen LogP contribution in [0.2, 0.25) is 0 Å². The monoisotopic (exact) mass is 320 g/mol. The summed E-state index contributed by atoms with van der Waals surface area (Å²) in [4.78, 5) is 34.3. The van der Waals surface area contributed by atoms with E-state index in [1.54, 1.807) is 12.1 Å². The summed E-state index contributed by atoms with van der Waals surface area (Å²) in [6.45, 7) is 2.76. The van der Waals surface area contributed by atoms with Gasteiger partial charge in [0.2, 0.25) is 0 Å². The van der Waals surface area contributed by atoms with E-state index in [0.29, 0.717) is 11.3 Å². The van der Waals surface area contributed by atoms with E-state index in [4.69, 9.17) is 14.7 Å². The summed E-state index contributed by atoms with van der Waals surface area (Å²) in [5.41, 5.74) is 0.459. The Morgan fingerprint density at radius 2 is 1.74 bits per heavy atom. The predicted molar refractivity (Wildman–Crippen MR) is 77.3 cm³/mol. The van der Waals surface area contributed by atoms with Crippen molar-refractivity contribution in [3.63, 3.8) is 0 Å². The maximum absolute atomic E-state index is 11.8. The van der Waals surface area contributed by atoms with E-state index in [-0.39, 0.29) is 0 Å². The minimum Gasteiger partial charge on any atom is -0.479 e. The highest BCUT2D eigenvalue weighted by molar-refractivity contribution is 5.95. The van der Waals surface area contributed by atoms with Gasteiger partial charge in [0.15, 0.2) is 12.2 Å². The molecule has 8 nitrogen and oxygen atoms in total. The molecule has 0 spiro atoms. The van der Waals surface area contributed by atoms with E-state index in [1.807, 2.05) is 11.4 Å². The molecule has 0 heterocycles. The Hall–Kier alpha value is -3.08. The number of amides is 2. The largest absolute Gasteiger partial charge is 0.479 e. The van der Waals surface area contributed by atoms with Crippen LogP contribution in [0.1, 0.15) is 19.4 Å². The van der Waals surface area contributed by atoms with Crippen molar-refractivity contribution in [3.8, 4) is 11.8 Å². The van der Waals surface area contributed by atoms with Crippen LogP contribution in [0, 0.1) is 11.3 Å². The molecule has 2 atom stereocenters. The van der Waals surface area contributed by atoms with Crippen LogP contribution in [0.4, 0.5) is 4.79 Å². The van der Waals surface area contributed by atoms with Crippen molar-refractivity contribution in [1.29, 1.82) is 5.26 Å². The van der Waals surface area contributed by atoms with Crippen molar-refractivity contribution < 1.29 is 28.6 Å². The van der Waals surface area contributed by atoms with Crippen molar-refractivity contribution in [2.75, 3.05) is 7.11 Å². The van der Waals surface area contributed by atoms with Crippen LogP contribution >= 0.6 is 0 Å². The number of nitrogens with one attached hydrogen (secondary N) is 1. The molecule has 122 valence electrons. The molecule has 0 aliphatic heterocycles. The number of hydrogen-bond acceptors (Lipinski definition) is 7. The lowest BCUT2D eigenvalue weighted by atomic mass is 10.2. The molecule has 0 aromatic heterocycles. The van der Waals surface area contributed by atoms with E-state index < -0.39 is 30.2 Å².